The summed E-state index contributed by atoms with van der Waals surface area (Å²) in [6, 6.07) is 16.1. The lowest BCUT2D eigenvalue weighted by Crippen LogP contribution is -2.36. The highest BCUT2D eigenvalue weighted by Crippen LogP contribution is 2.34. The monoisotopic (exact) mass is 463 g/mol. The Hall–Kier alpha value is -2.82. The van der Waals surface area contributed by atoms with E-state index in [1.807, 2.05) is 55.4 Å². The van der Waals surface area contributed by atoms with E-state index in [-0.39, 0.29) is 23.1 Å². The molecule has 0 radical (unpaired) electrons. The quantitative estimate of drug-likeness (QED) is 0.466. The third kappa shape index (κ3) is 7.34. The number of carbonyl (C=O) groups is 2. The molecule has 0 heterocycles. The van der Waals surface area contributed by atoms with E-state index in [9.17, 15) is 9.59 Å². The van der Waals surface area contributed by atoms with Gasteiger partial charge in [0.15, 0.2) is 0 Å². The second-order valence-corrected chi connectivity index (χ2v) is 11.1. The van der Waals surface area contributed by atoms with Crippen molar-refractivity contribution in [1.82, 2.24) is 4.90 Å². The number of anilines is 2. The molecule has 3 rings (SSSR count). The van der Waals surface area contributed by atoms with Crippen LogP contribution < -0.4 is 10.2 Å². The molecule has 2 aromatic carbocycles. The number of hydrogen-bond donors (Lipinski definition) is 1. The first-order valence-corrected chi connectivity index (χ1v) is 12.5. The van der Waals surface area contributed by atoms with Gasteiger partial charge in [-0.15, -0.1) is 0 Å². The number of nitrogens with one attached hydrogen (secondary N) is 1. The number of benzene rings is 2. The fourth-order valence-corrected chi connectivity index (χ4v) is 4.42. The third-order valence-electron chi connectivity index (χ3n) is 6.29. The molecule has 0 bridgehead atoms. The fraction of sp³-hybridized carbons (Fsp3) is 0.517. The van der Waals surface area contributed by atoms with Gasteiger partial charge in [0.05, 0.1) is 5.92 Å². The largest absolute Gasteiger partial charge is 0.377 e. The first-order valence-electron chi connectivity index (χ1n) is 12.5. The molecular weight excluding hydrogens is 422 g/mol. The molecule has 0 saturated heterocycles. The first-order chi connectivity index (χ1) is 16.1. The molecule has 0 aromatic heterocycles. The summed E-state index contributed by atoms with van der Waals surface area (Å²) in [7, 11) is 4.03. The molecule has 1 saturated carbocycles. The van der Waals surface area contributed by atoms with Crippen molar-refractivity contribution in [3.8, 4) is 0 Å². The van der Waals surface area contributed by atoms with Gasteiger partial charge in [-0.2, -0.15) is 0 Å². The molecule has 1 aliphatic rings. The standard InChI is InChI=1S/C29H41N3O2/c1-7-25(22-11-9-8-10-12-22)28(34)32(19-21-13-14-21)20-23-17-24(15-16-26(23)31(5)6)30-27(33)18-29(2,3)4/h8-12,15-17,21,25H,7,13-14,18-20H2,1-6H3,(H,30,33). The van der Waals surface area contributed by atoms with Gasteiger partial charge >= 0.3 is 0 Å². The van der Waals surface area contributed by atoms with Crippen molar-refractivity contribution >= 4 is 23.2 Å². The lowest BCUT2D eigenvalue weighted by atomic mass is 9.92. The Morgan fingerprint density at radius 1 is 1.06 bits per heavy atom. The number of carbonyl (C=O) groups excluding carboxylic acids is 2. The van der Waals surface area contributed by atoms with Crippen molar-refractivity contribution in [2.75, 3.05) is 30.9 Å². The van der Waals surface area contributed by atoms with Crippen LogP contribution in [0.5, 0.6) is 0 Å². The molecular formula is C29H41N3O2. The summed E-state index contributed by atoms with van der Waals surface area (Å²) in [6.45, 7) is 9.59. The highest BCUT2D eigenvalue weighted by molar-refractivity contribution is 5.91. The van der Waals surface area contributed by atoms with E-state index in [1.165, 1.54) is 12.8 Å². The number of amides is 2. The van der Waals surface area contributed by atoms with Crippen LogP contribution in [0.2, 0.25) is 0 Å². The Morgan fingerprint density at radius 2 is 1.74 bits per heavy atom. The Balaban J connectivity index is 1.87. The van der Waals surface area contributed by atoms with Crippen LogP contribution in [0.1, 0.15) is 70.4 Å². The molecule has 0 spiro atoms. The normalized spacial score (nSPS) is 14.4. The maximum atomic E-state index is 13.8. The van der Waals surface area contributed by atoms with Crippen LogP contribution in [0.25, 0.3) is 0 Å². The molecule has 184 valence electrons. The van der Waals surface area contributed by atoms with Gasteiger partial charge in [0, 0.05) is 45.0 Å². The van der Waals surface area contributed by atoms with Gasteiger partial charge in [-0.1, -0.05) is 58.0 Å². The van der Waals surface area contributed by atoms with E-state index >= 15 is 0 Å². The first kappa shape index (κ1) is 25.8. The third-order valence-corrected chi connectivity index (χ3v) is 6.29. The van der Waals surface area contributed by atoms with Gasteiger partial charge in [0.25, 0.3) is 0 Å². The Kier molecular flexibility index (Phi) is 8.40. The Morgan fingerprint density at radius 3 is 2.29 bits per heavy atom. The summed E-state index contributed by atoms with van der Waals surface area (Å²) in [5.74, 6) is 0.650. The maximum absolute atomic E-state index is 13.8. The Bertz CT molecular complexity index is 975. The molecule has 1 fully saturated rings. The number of nitrogens with zero attached hydrogens (tertiary/aromatic N) is 2. The van der Waals surface area contributed by atoms with E-state index < -0.39 is 0 Å². The SMILES string of the molecule is CCC(C(=O)N(Cc1cc(NC(=O)CC(C)(C)C)ccc1N(C)C)CC1CC1)c1ccccc1. The van der Waals surface area contributed by atoms with Crippen molar-refractivity contribution in [2.45, 2.75) is 65.8 Å². The van der Waals surface area contributed by atoms with Crippen molar-refractivity contribution < 1.29 is 9.59 Å². The topological polar surface area (TPSA) is 52.7 Å². The fourth-order valence-electron chi connectivity index (χ4n) is 4.42. The zero-order valence-electron chi connectivity index (χ0n) is 21.7. The molecule has 5 heteroatoms. The van der Waals surface area contributed by atoms with Gasteiger partial charge < -0.3 is 15.1 Å². The van der Waals surface area contributed by atoms with E-state index in [0.29, 0.717) is 18.9 Å². The minimum Gasteiger partial charge on any atom is -0.377 e. The van der Waals surface area contributed by atoms with Gasteiger partial charge in [-0.05, 0) is 59.9 Å². The zero-order chi connectivity index (χ0) is 24.9. The highest BCUT2D eigenvalue weighted by atomic mass is 16.2. The van der Waals surface area contributed by atoms with Gasteiger partial charge in [-0.25, -0.2) is 0 Å². The summed E-state index contributed by atoms with van der Waals surface area (Å²) >= 11 is 0. The van der Waals surface area contributed by atoms with Crippen molar-refractivity contribution in [2.24, 2.45) is 11.3 Å². The highest BCUT2D eigenvalue weighted by Gasteiger charge is 2.31. The van der Waals surface area contributed by atoms with E-state index in [4.69, 9.17) is 0 Å². The van der Waals surface area contributed by atoms with Crippen LogP contribution in [-0.4, -0.2) is 37.4 Å². The summed E-state index contributed by atoms with van der Waals surface area (Å²) in [5, 5.41) is 3.06. The summed E-state index contributed by atoms with van der Waals surface area (Å²) < 4.78 is 0. The second kappa shape index (κ2) is 11.1. The van der Waals surface area contributed by atoms with Crippen LogP contribution >= 0.6 is 0 Å². The van der Waals surface area contributed by atoms with Crippen LogP contribution in [-0.2, 0) is 16.1 Å². The van der Waals surface area contributed by atoms with Gasteiger partial charge in [0.2, 0.25) is 11.8 Å². The molecule has 0 aliphatic heterocycles. The lowest BCUT2D eigenvalue weighted by molar-refractivity contribution is -0.133. The predicted molar refractivity (Wildman–Crippen MR) is 141 cm³/mol. The average molecular weight is 464 g/mol. The molecule has 1 aliphatic carbocycles. The predicted octanol–water partition coefficient (Wildman–Crippen LogP) is 6.06. The molecule has 2 aromatic rings. The molecule has 2 amide bonds. The van der Waals surface area contributed by atoms with Crippen molar-refractivity contribution in [1.29, 1.82) is 0 Å². The molecule has 34 heavy (non-hydrogen) atoms. The summed E-state index contributed by atoms with van der Waals surface area (Å²) in [5.41, 5.74) is 3.90. The summed E-state index contributed by atoms with van der Waals surface area (Å²) in [6.07, 6.45) is 3.61. The van der Waals surface area contributed by atoms with E-state index in [1.54, 1.807) is 0 Å². The van der Waals surface area contributed by atoms with Gasteiger partial charge in [0.1, 0.15) is 0 Å². The zero-order valence-corrected chi connectivity index (χ0v) is 21.7. The average Bonchev–Trinajstić information content (AvgIpc) is 3.57. The van der Waals surface area contributed by atoms with Gasteiger partial charge in [-0.3, -0.25) is 9.59 Å². The number of hydrogen-bond acceptors (Lipinski definition) is 3. The molecule has 1 N–H and O–H groups in total. The molecule has 5 nitrogen and oxygen atoms in total. The molecule has 1 unspecified atom stereocenters. The van der Waals surface area contributed by atoms with E-state index in [2.05, 4.69) is 50.0 Å². The number of rotatable bonds is 10. The maximum Gasteiger partial charge on any atom is 0.230 e. The minimum atomic E-state index is -0.141. The summed E-state index contributed by atoms with van der Waals surface area (Å²) in [4.78, 5) is 30.4. The van der Waals surface area contributed by atoms with Crippen molar-refractivity contribution in [3.63, 3.8) is 0 Å². The molecule has 1 atom stereocenters. The smallest absolute Gasteiger partial charge is 0.230 e. The second-order valence-electron chi connectivity index (χ2n) is 11.1. The Labute approximate surface area is 205 Å². The van der Waals surface area contributed by atoms with Crippen LogP contribution in [0.4, 0.5) is 11.4 Å². The lowest BCUT2D eigenvalue weighted by Gasteiger charge is -2.29. The van der Waals surface area contributed by atoms with Crippen LogP contribution in [0.3, 0.4) is 0 Å². The van der Waals surface area contributed by atoms with Crippen LogP contribution in [0.15, 0.2) is 48.5 Å². The van der Waals surface area contributed by atoms with Crippen molar-refractivity contribution in [3.05, 3.63) is 59.7 Å². The minimum absolute atomic E-state index is 0.0112. The van der Waals surface area contributed by atoms with E-state index in [0.717, 1.165) is 35.5 Å². The van der Waals surface area contributed by atoms with Crippen LogP contribution in [0, 0.1) is 11.3 Å².